The summed E-state index contributed by atoms with van der Waals surface area (Å²) in [4.78, 5) is 36.7. The number of carbonyl (C=O) groups is 2. The first-order valence-corrected chi connectivity index (χ1v) is 13.6. The van der Waals surface area contributed by atoms with Crippen LogP contribution in [0.3, 0.4) is 0 Å². The van der Waals surface area contributed by atoms with Crippen LogP contribution in [0.5, 0.6) is 0 Å². The summed E-state index contributed by atoms with van der Waals surface area (Å²) in [6.07, 6.45) is 2.36. The molecule has 2 atom stereocenters. The lowest BCUT2D eigenvalue weighted by Crippen LogP contribution is -2.47. The molecule has 0 aliphatic heterocycles. The Morgan fingerprint density at radius 3 is 2.58 bits per heavy atom. The number of ether oxygens (including phenoxy) is 3. The zero-order chi connectivity index (χ0) is 26.9. The summed E-state index contributed by atoms with van der Waals surface area (Å²) in [5, 5.41) is 2.77. The molecular weight excluding hydrogens is 491 g/mol. The predicted octanol–water partition coefficient (Wildman–Crippen LogP) is 2.64. The van der Waals surface area contributed by atoms with E-state index in [9.17, 15) is 14.2 Å². The van der Waals surface area contributed by atoms with Gasteiger partial charge in [-0.15, -0.1) is 0 Å². The lowest BCUT2D eigenvalue weighted by Gasteiger charge is -2.30. The van der Waals surface area contributed by atoms with Crippen LogP contribution in [0.25, 0.3) is 11.2 Å². The highest BCUT2D eigenvalue weighted by Crippen LogP contribution is 2.45. The number of nitrogens with zero attached hydrogens (tertiary/aromatic N) is 4. The van der Waals surface area contributed by atoms with Crippen molar-refractivity contribution >= 4 is 36.4 Å². The van der Waals surface area contributed by atoms with E-state index in [4.69, 9.17) is 24.5 Å². The van der Waals surface area contributed by atoms with Gasteiger partial charge in [0, 0.05) is 0 Å². The van der Waals surface area contributed by atoms with Crippen LogP contribution >= 0.6 is 7.52 Å². The summed E-state index contributed by atoms with van der Waals surface area (Å²) in [6, 6.07) is 0. The van der Waals surface area contributed by atoms with Crippen LogP contribution < -0.4 is 10.8 Å². The SMILES string of the molecule is CCCOC(=O)C(C)(C)NP(=O)(COC(C)Cn1cnc2c(N)ncnc21)OCCC(=O)OC(C)C. The van der Waals surface area contributed by atoms with E-state index < -0.39 is 31.1 Å². The Bertz CT molecular complexity index is 1070. The van der Waals surface area contributed by atoms with Gasteiger partial charge in [-0.3, -0.25) is 14.2 Å². The largest absolute Gasteiger partial charge is 0.464 e. The van der Waals surface area contributed by atoms with E-state index in [2.05, 4.69) is 20.0 Å². The van der Waals surface area contributed by atoms with E-state index in [1.165, 1.54) is 6.33 Å². The topological polar surface area (TPSA) is 170 Å². The molecule has 0 bridgehead atoms. The minimum Gasteiger partial charge on any atom is -0.464 e. The molecular formula is C22H37N6O7P. The third-order valence-electron chi connectivity index (χ3n) is 4.78. The van der Waals surface area contributed by atoms with Gasteiger partial charge in [0.25, 0.3) is 7.52 Å². The fourth-order valence-corrected chi connectivity index (χ4v) is 5.12. The molecule has 3 N–H and O–H groups in total. The molecule has 0 aromatic carbocycles. The third kappa shape index (κ3) is 8.81. The standard InChI is InChI=1S/C22H37N6O7P/c1-7-9-32-21(30)22(5,6)27-36(31,34-10-8-17(29)35-15(2)3)14-33-16(4)11-28-13-26-18-19(23)24-12-25-20(18)28/h12-13,15-16H,7-11,14H2,1-6H3,(H,27,31)(H2,23,24,25). The van der Waals surface area contributed by atoms with Crippen LogP contribution in [0.15, 0.2) is 12.7 Å². The number of aromatic nitrogens is 4. The van der Waals surface area contributed by atoms with Crippen LogP contribution in [0.2, 0.25) is 0 Å². The smallest absolute Gasteiger partial charge is 0.326 e. The molecule has 2 unspecified atom stereocenters. The van der Waals surface area contributed by atoms with Gasteiger partial charge in [0.05, 0.1) is 44.7 Å². The number of fused-ring (bicyclic) bond motifs is 1. The molecule has 2 rings (SSSR count). The Morgan fingerprint density at radius 2 is 1.92 bits per heavy atom. The van der Waals surface area contributed by atoms with Gasteiger partial charge < -0.3 is 29.0 Å². The highest BCUT2D eigenvalue weighted by Gasteiger charge is 2.38. The van der Waals surface area contributed by atoms with E-state index in [0.29, 0.717) is 24.1 Å². The summed E-state index contributed by atoms with van der Waals surface area (Å²) in [5.74, 6) is -0.800. The molecule has 0 fully saturated rings. The van der Waals surface area contributed by atoms with Crippen molar-refractivity contribution in [1.82, 2.24) is 24.6 Å². The van der Waals surface area contributed by atoms with E-state index in [1.807, 2.05) is 6.92 Å². The van der Waals surface area contributed by atoms with Crippen LogP contribution in [0.1, 0.15) is 54.4 Å². The van der Waals surface area contributed by atoms with Crippen LogP contribution in [0.4, 0.5) is 5.82 Å². The summed E-state index contributed by atoms with van der Waals surface area (Å²) < 4.78 is 37.2. The fraction of sp³-hybridized carbons (Fsp3) is 0.682. The normalized spacial score (nSPS) is 14.5. The summed E-state index contributed by atoms with van der Waals surface area (Å²) in [7, 11) is -3.77. The second kappa shape index (κ2) is 13.1. The van der Waals surface area contributed by atoms with Crippen LogP contribution in [-0.2, 0) is 39.4 Å². The molecule has 0 radical (unpaired) electrons. The van der Waals surface area contributed by atoms with Crippen molar-refractivity contribution in [3.8, 4) is 0 Å². The van der Waals surface area contributed by atoms with Gasteiger partial charge in [-0.1, -0.05) is 6.92 Å². The molecule has 0 aliphatic rings. The summed E-state index contributed by atoms with van der Waals surface area (Å²) in [6.45, 7) is 10.6. The van der Waals surface area contributed by atoms with Crippen molar-refractivity contribution in [2.45, 2.75) is 78.7 Å². The average molecular weight is 529 g/mol. The Kier molecular flexibility index (Phi) is 10.8. The first-order chi connectivity index (χ1) is 16.9. The number of imidazole rings is 1. The third-order valence-corrected chi connectivity index (χ3v) is 6.77. The number of nitrogens with two attached hydrogens (primary N) is 1. The van der Waals surface area contributed by atoms with Crippen molar-refractivity contribution in [2.24, 2.45) is 0 Å². The second-order valence-corrected chi connectivity index (χ2v) is 11.2. The number of hydrogen-bond acceptors (Lipinski definition) is 11. The Labute approximate surface area is 210 Å². The maximum atomic E-state index is 13.7. The maximum absolute atomic E-state index is 13.7. The number of rotatable bonds is 15. The molecule has 2 heterocycles. The van der Waals surface area contributed by atoms with Gasteiger partial charge in [-0.05, 0) is 41.0 Å². The van der Waals surface area contributed by atoms with Gasteiger partial charge >= 0.3 is 11.9 Å². The highest BCUT2D eigenvalue weighted by molar-refractivity contribution is 7.56. The first-order valence-electron chi connectivity index (χ1n) is 11.8. The minimum absolute atomic E-state index is 0.109. The fourth-order valence-electron chi connectivity index (χ4n) is 3.13. The molecule has 0 aliphatic carbocycles. The molecule has 2 aromatic heterocycles. The minimum atomic E-state index is -3.77. The Balaban J connectivity index is 2.08. The van der Waals surface area contributed by atoms with Gasteiger partial charge in [0.15, 0.2) is 11.5 Å². The zero-order valence-electron chi connectivity index (χ0n) is 21.7. The Hall–Kier alpha value is -2.60. The van der Waals surface area contributed by atoms with Crippen molar-refractivity contribution in [1.29, 1.82) is 0 Å². The molecule has 202 valence electrons. The van der Waals surface area contributed by atoms with Crippen LogP contribution in [0, 0.1) is 0 Å². The monoisotopic (exact) mass is 528 g/mol. The van der Waals surface area contributed by atoms with Crippen LogP contribution in [-0.4, -0.2) is 68.8 Å². The van der Waals surface area contributed by atoms with Gasteiger partial charge in [0.2, 0.25) is 0 Å². The molecule has 0 saturated heterocycles. The summed E-state index contributed by atoms with van der Waals surface area (Å²) in [5.41, 5.74) is 5.52. The maximum Gasteiger partial charge on any atom is 0.326 e. The average Bonchev–Trinajstić information content (AvgIpc) is 3.19. The van der Waals surface area contributed by atoms with Crippen molar-refractivity contribution in [2.75, 3.05) is 25.3 Å². The van der Waals surface area contributed by atoms with E-state index in [-0.39, 0.29) is 37.9 Å². The first kappa shape index (κ1) is 29.6. The number of anilines is 1. The molecule has 13 nitrogen and oxygen atoms in total. The van der Waals surface area contributed by atoms with Gasteiger partial charge in [0.1, 0.15) is 23.7 Å². The van der Waals surface area contributed by atoms with Gasteiger partial charge in [-0.2, -0.15) is 0 Å². The molecule has 36 heavy (non-hydrogen) atoms. The molecule has 14 heteroatoms. The molecule has 2 aromatic rings. The number of nitrogen functional groups attached to an aromatic ring is 1. The molecule has 0 saturated carbocycles. The number of esters is 2. The highest BCUT2D eigenvalue weighted by atomic mass is 31.2. The second-order valence-electron chi connectivity index (χ2n) is 9.10. The zero-order valence-corrected chi connectivity index (χ0v) is 22.6. The van der Waals surface area contributed by atoms with Crippen molar-refractivity contribution in [3.05, 3.63) is 12.7 Å². The quantitative estimate of drug-likeness (QED) is 0.256. The predicted molar refractivity (Wildman–Crippen MR) is 133 cm³/mol. The van der Waals surface area contributed by atoms with Gasteiger partial charge in [-0.25, -0.2) is 20.0 Å². The number of carbonyl (C=O) groups excluding carboxylic acids is 2. The number of hydrogen-bond donors (Lipinski definition) is 2. The summed E-state index contributed by atoms with van der Waals surface area (Å²) >= 11 is 0. The Morgan fingerprint density at radius 1 is 1.19 bits per heavy atom. The van der Waals surface area contributed by atoms with Crippen molar-refractivity contribution < 1.29 is 32.9 Å². The van der Waals surface area contributed by atoms with E-state index >= 15 is 0 Å². The molecule has 0 amide bonds. The van der Waals surface area contributed by atoms with E-state index in [0.717, 1.165) is 0 Å². The molecule has 0 spiro atoms. The lowest BCUT2D eigenvalue weighted by atomic mass is 10.1. The van der Waals surface area contributed by atoms with E-state index in [1.54, 1.807) is 45.5 Å². The lowest BCUT2D eigenvalue weighted by molar-refractivity contribution is -0.150. The van der Waals surface area contributed by atoms with Crippen molar-refractivity contribution in [3.63, 3.8) is 0 Å². The number of nitrogens with one attached hydrogen (secondary N) is 1.